The molecular formula is C13H17FN2O2. The molecule has 2 aliphatic rings. The van der Waals surface area contributed by atoms with E-state index in [0.717, 1.165) is 12.8 Å². The predicted molar refractivity (Wildman–Crippen MR) is 64.7 cm³/mol. The summed E-state index contributed by atoms with van der Waals surface area (Å²) >= 11 is 0. The van der Waals surface area contributed by atoms with Gasteiger partial charge in [0.15, 0.2) is 5.79 Å². The van der Waals surface area contributed by atoms with Gasteiger partial charge in [0.25, 0.3) is 0 Å². The fourth-order valence-corrected chi connectivity index (χ4v) is 2.58. The zero-order chi connectivity index (χ0) is 12.4. The average molecular weight is 252 g/mol. The minimum absolute atomic E-state index is 0.0329. The Bertz CT molecular complexity index is 411. The number of nitrogens with zero attached hydrogens (tertiary/aromatic N) is 1. The van der Waals surface area contributed by atoms with E-state index in [2.05, 4.69) is 10.3 Å². The van der Waals surface area contributed by atoms with Gasteiger partial charge in [-0.2, -0.15) is 4.39 Å². The van der Waals surface area contributed by atoms with Crippen LogP contribution in [0.15, 0.2) is 18.2 Å². The van der Waals surface area contributed by atoms with E-state index in [1.54, 1.807) is 12.1 Å². The lowest BCUT2D eigenvalue weighted by Gasteiger charge is -2.37. The predicted octanol–water partition coefficient (Wildman–Crippen LogP) is 2.32. The Kier molecular flexibility index (Phi) is 3.18. The van der Waals surface area contributed by atoms with Crippen molar-refractivity contribution in [2.75, 3.05) is 18.5 Å². The highest BCUT2D eigenvalue weighted by Crippen LogP contribution is 2.36. The lowest BCUT2D eigenvalue weighted by Crippen LogP contribution is -2.47. The number of nitrogens with one attached hydrogen (secondary N) is 1. The van der Waals surface area contributed by atoms with Gasteiger partial charge in [-0.1, -0.05) is 6.07 Å². The van der Waals surface area contributed by atoms with Crippen LogP contribution in [-0.4, -0.2) is 30.0 Å². The minimum atomic E-state index is -0.482. The molecule has 3 rings (SSSR count). The molecular weight excluding hydrogens is 235 g/mol. The summed E-state index contributed by atoms with van der Waals surface area (Å²) in [5.74, 6) is -0.299. The molecule has 0 bridgehead atoms. The van der Waals surface area contributed by atoms with E-state index in [4.69, 9.17) is 9.47 Å². The Hall–Kier alpha value is -1.20. The zero-order valence-electron chi connectivity index (χ0n) is 10.2. The van der Waals surface area contributed by atoms with Gasteiger partial charge >= 0.3 is 0 Å². The second kappa shape index (κ2) is 4.82. The Morgan fingerprint density at radius 2 is 1.94 bits per heavy atom. The number of rotatable bonds is 2. The van der Waals surface area contributed by atoms with Crippen LogP contribution >= 0.6 is 0 Å². The van der Waals surface area contributed by atoms with Gasteiger partial charge in [-0.3, -0.25) is 0 Å². The number of aromatic nitrogens is 1. The number of ether oxygens (including phenoxy) is 2. The second-order valence-corrected chi connectivity index (χ2v) is 4.93. The normalized spacial score (nSPS) is 23.4. The van der Waals surface area contributed by atoms with Crippen molar-refractivity contribution >= 4 is 5.82 Å². The molecule has 0 unspecified atom stereocenters. The summed E-state index contributed by atoms with van der Waals surface area (Å²) in [5.41, 5.74) is 0. The molecule has 0 atom stereocenters. The van der Waals surface area contributed by atoms with Crippen LogP contribution in [0.5, 0.6) is 0 Å². The first kappa shape index (κ1) is 11.9. The highest BCUT2D eigenvalue weighted by atomic mass is 19.1. The molecule has 0 radical (unpaired) electrons. The molecule has 1 spiro atoms. The summed E-state index contributed by atoms with van der Waals surface area (Å²) in [6, 6.07) is 4.73. The number of halogens is 1. The maximum absolute atomic E-state index is 12.9. The summed E-state index contributed by atoms with van der Waals surface area (Å²) in [4.78, 5) is 3.77. The van der Waals surface area contributed by atoms with Crippen LogP contribution in [0, 0.1) is 5.95 Å². The largest absolute Gasteiger partial charge is 0.363 e. The van der Waals surface area contributed by atoms with Gasteiger partial charge in [0.05, 0.1) is 19.3 Å². The van der Waals surface area contributed by atoms with Crippen LogP contribution in [-0.2, 0) is 9.47 Å². The third-order valence-corrected chi connectivity index (χ3v) is 3.53. The van der Waals surface area contributed by atoms with E-state index >= 15 is 0 Å². The molecule has 5 heteroatoms. The molecule has 18 heavy (non-hydrogen) atoms. The van der Waals surface area contributed by atoms with Gasteiger partial charge < -0.3 is 14.8 Å². The van der Waals surface area contributed by atoms with Gasteiger partial charge in [-0.25, -0.2) is 4.98 Å². The average Bonchev–Trinajstić information content (AvgIpc) is 2.81. The monoisotopic (exact) mass is 252 g/mol. The SMILES string of the molecule is Fc1cccc(NC2COC3(CCCC3)OC2)n1. The molecule has 98 valence electrons. The molecule has 1 aliphatic heterocycles. The van der Waals surface area contributed by atoms with Crippen molar-refractivity contribution in [3.8, 4) is 0 Å². The van der Waals surface area contributed by atoms with Crippen molar-refractivity contribution in [1.29, 1.82) is 0 Å². The molecule has 1 N–H and O–H groups in total. The molecule has 1 aliphatic carbocycles. The Morgan fingerprint density at radius 3 is 2.61 bits per heavy atom. The fourth-order valence-electron chi connectivity index (χ4n) is 2.58. The second-order valence-electron chi connectivity index (χ2n) is 4.93. The quantitative estimate of drug-likeness (QED) is 0.820. The van der Waals surface area contributed by atoms with Gasteiger partial charge in [0.2, 0.25) is 5.95 Å². The molecule has 0 aromatic carbocycles. The lowest BCUT2D eigenvalue weighted by molar-refractivity contribution is -0.264. The van der Waals surface area contributed by atoms with E-state index in [-0.39, 0.29) is 11.8 Å². The van der Waals surface area contributed by atoms with Crippen molar-refractivity contribution in [1.82, 2.24) is 4.98 Å². The summed E-state index contributed by atoms with van der Waals surface area (Å²) < 4.78 is 24.6. The van der Waals surface area contributed by atoms with E-state index < -0.39 is 5.95 Å². The molecule has 1 saturated carbocycles. The number of pyridine rings is 1. The smallest absolute Gasteiger partial charge is 0.214 e. The molecule has 4 nitrogen and oxygen atoms in total. The zero-order valence-corrected chi connectivity index (χ0v) is 10.2. The third-order valence-electron chi connectivity index (χ3n) is 3.53. The molecule has 0 amide bonds. The first-order valence-corrected chi connectivity index (χ1v) is 6.43. The molecule has 2 fully saturated rings. The van der Waals surface area contributed by atoms with Crippen LogP contribution in [0.25, 0.3) is 0 Å². The van der Waals surface area contributed by atoms with Crippen LogP contribution in [0.1, 0.15) is 25.7 Å². The van der Waals surface area contributed by atoms with Gasteiger partial charge in [0, 0.05) is 12.8 Å². The number of hydrogen-bond acceptors (Lipinski definition) is 4. The highest BCUT2D eigenvalue weighted by molar-refractivity contribution is 5.35. The van der Waals surface area contributed by atoms with E-state index in [1.807, 2.05) is 0 Å². The van der Waals surface area contributed by atoms with E-state index in [9.17, 15) is 4.39 Å². The summed E-state index contributed by atoms with van der Waals surface area (Å²) in [6.45, 7) is 1.16. The van der Waals surface area contributed by atoms with Crippen LogP contribution in [0.2, 0.25) is 0 Å². The van der Waals surface area contributed by atoms with Crippen molar-refractivity contribution in [3.63, 3.8) is 0 Å². The van der Waals surface area contributed by atoms with Gasteiger partial charge in [0.1, 0.15) is 5.82 Å². The molecule has 1 aromatic heterocycles. The van der Waals surface area contributed by atoms with Crippen LogP contribution < -0.4 is 5.32 Å². The third kappa shape index (κ3) is 2.47. The summed E-state index contributed by atoms with van der Waals surface area (Å²) in [6.07, 6.45) is 4.31. The Morgan fingerprint density at radius 1 is 1.22 bits per heavy atom. The first-order chi connectivity index (χ1) is 8.76. The fraction of sp³-hybridized carbons (Fsp3) is 0.615. The first-order valence-electron chi connectivity index (χ1n) is 6.43. The molecule has 1 aromatic rings. The Balaban J connectivity index is 1.57. The van der Waals surface area contributed by atoms with E-state index in [1.165, 1.54) is 18.9 Å². The molecule has 2 heterocycles. The lowest BCUT2D eigenvalue weighted by atomic mass is 10.2. The van der Waals surface area contributed by atoms with Crippen molar-refractivity contribution < 1.29 is 13.9 Å². The van der Waals surface area contributed by atoms with Gasteiger partial charge in [-0.15, -0.1) is 0 Å². The summed E-state index contributed by atoms with van der Waals surface area (Å²) in [5, 5.41) is 3.13. The van der Waals surface area contributed by atoms with Crippen LogP contribution in [0.3, 0.4) is 0 Å². The van der Waals surface area contributed by atoms with Gasteiger partial charge in [-0.05, 0) is 25.0 Å². The standard InChI is InChI=1S/C13H17FN2O2/c14-11-4-3-5-12(16-11)15-10-8-17-13(18-9-10)6-1-2-7-13/h3-5,10H,1-2,6-9H2,(H,15,16). The summed E-state index contributed by atoms with van der Waals surface area (Å²) in [7, 11) is 0. The number of hydrogen-bond donors (Lipinski definition) is 1. The van der Waals surface area contributed by atoms with Crippen molar-refractivity contribution in [2.45, 2.75) is 37.5 Å². The highest BCUT2D eigenvalue weighted by Gasteiger charge is 2.40. The molecule has 1 saturated heterocycles. The topological polar surface area (TPSA) is 43.4 Å². The minimum Gasteiger partial charge on any atom is -0.363 e. The van der Waals surface area contributed by atoms with Crippen LogP contribution in [0.4, 0.5) is 10.2 Å². The maximum atomic E-state index is 12.9. The number of anilines is 1. The van der Waals surface area contributed by atoms with Crippen molar-refractivity contribution in [3.05, 3.63) is 24.1 Å². The van der Waals surface area contributed by atoms with E-state index in [0.29, 0.717) is 19.0 Å². The Labute approximate surface area is 106 Å². The maximum Gasteiger partial charge on any atom is 0.214 e. The van der Waals surface area contributed by atoms with Crippen molar-refractivity contribution in [2.24, 2.45) is 0 Å².